The maximum atomic E-state index is 11.1. The number of hydrogen-bond donors (Lipinski definition) is 1. The van der Waals surface area contributed by atoms with Crippen molar-refractivity contribution in [3.8, 4) is 10.8 Å². The van der Waals surface area contributed by atoms with E-state index < -0.39 is 5.91 Å². The smallest absolute Gasteiger partial charge is 0.251 e. The van der Waals surface area contributed by atoms with Gasteiger partial charge in [-0.1, -0.05) is 0 Å². The molecule has 0 bridgehead atoms. The van der Waals surface area contributed by atoms with Gasteiger partial charge in [-0.25, -0.2) is 14.5 Å². The number of hydrogen-bond acceptors (Lipinski definition) is 5. The lowest BCUT2D eigenvalue weighted by Crippen LogP contribution is -2.10. The molecule has 6 nitrogen and oxygen atoms in total. The Balaban J connectivity index is 2.18. The molecule has 0 saturated heterocycles. The van der Waals surface area contributed by atoms with Gasteiger partial charge in [-0.2, -0.15) is 0 Å². The van der Waals surface area contributed by atoms with Crippen molar-refractivity contribution < 1.29 is 4.79 Å². The molecule has 0 aliphatic heterocycles. The fourth-order valence-corrected chi connectivity index (χ4v) is 2.11. The lowest BCUT2D eigenvalue weighted by Gasteiger charge is -1.98. The van der Waals surface area contributed by atoms with Crippen molar-refractivity contribution in [2.75, 3.05) is 0 Å². The third kappa shape index (κ3) is 1.56. The van der Waals surface area contributed by atoms with E-state index in [4.69, 9.17) is 5.73 Å². The Bertz CT molecular complexity index is 688. The van der Waals surface area contributed by atoms with Crippen molar-refractivity contribution in [2.45, 2.75) is 0 Å². The maximum absolute atomic E-state index is 11.1. The monoisotopic (exact) mass is 245 g/mol. The average Bonchev–Trinajstić information content (AvgIpc) is 2.97. The topological polar surface area (TPSA) is 86.2 Å². The Morgan fingerprint density at radius 2 is 2.29 bits per heavy atom. The van der Waals surface area contributed by atoms with Crippen LogP contribution in [0.25, 0.3) is 16.3 Å². The van der Waals surface area contributed by atoms with Crippen LogP contribution in [0.15, 0.2) is 30.0 Å². The van der Waals surface area contributed by atoms with Gasteiger partial charge in [0.2, 0.25) is 5.82 Å². The van der Waals surface area contributed by atoms with Crippen LogP contribution in [0, 0.1) is 0 Å². The molecule has 0 saturated carbocycles. The van der Waals surface area contributed by atoms with Crippen molar-refractivity contribution >= 4 is 22.8 Å². The first kappa shape index (κ1) is 9.91. The zero-order chi connectivity index (χ0) is 11.8. The van der Waals surface area contributed by atoms with Gasteiger partial charge < -0.3 is 5.73 Å². The Morgan fingerprint density at radius 3 is 3.00 bits per heavy atom. The molecular formula is C10H7N5OS. The lowest BCUT2D eigenvalue weighted by molar-refractivity contribution is 0.100. The van der Waals surface area contributed by atoms with Crippen LogP contribution >= 0.6 is 11.3 Å². The Kier molecular flexibility index (Phi) is 2.12. The molecule has 84 valence electrons. The molecule has 0 aromatic carbocycles. The van der Waals surface area contributed by atoms with E-state index in [1.165, 1.54) is 11.3 Å². The van der Waals surface area contributed by atoms with Crippen LogP contribution in [0.2, 0.25) is 0 Å². The third-order valence-corrected chi connectivity index (χ3v) is 3.07. The Morgan fingerprint density at radius 1 is 1.41 bits per heavy atom. The molecule has 7 heteroatoms. The van der Waals surface area contributed by atoms with E-state index in [-0.39, 0.29) is 0 Å². The predicted molar refractivity (Wildman–Crippen MR) is 62.6 cm³/mol. The lowest BCUT2D eigenvalue weighted by atomic mass is 10.3. The summed E-state index contributed by atoms with van der Waals surface area (Å²) < 4.78 is 1.57. The molecule has 3 rings (SSSR count). The molecule has 0 radical (unpaired) electrons. The van der Waals surface area contributed by atoms with Gasteiger partial charge in [0, 0.05) is 17.8 Å². The van der Waals surface area contributed by atoms with E-state index in [9.17, 15) is 4.79 Å². The van der Waals surface area contributed by atoms with Gasteiger partial charge in [0.25, 0.3) is 5.91 Å². The van der Waals surface area contributed by atoms with E-state index in [0.717, 1.165) is 5.01 Å². The molecule has 0 atom stereocenters. The van der Waals surface area contributed by atoms with Crippen LogP contribution in [-0.4, -0.2) is 25.5 Å². The number of amides is 1. The molecule has 17 heavy (non-hydrogen) atoms. The summed E-state index contributed by atoms with van der Waals surface area (Å²) >= 11 is 1.46. The number of nitrogens with zero attached hydrogens (tertiary/aromatic N) is 4. The molecule has 1 amide bonds. The summed E-state index contributed by atoms with van der Waals surface area (Å²) in [7, 11) is 0. The first-order valence-electron chi connectivity index (χ1n) is 4.80. The Hall–Kier alpha value is -2.28. The molecule has 3 heterocycles. The van der Waals surface area contributed by atoms with E-state index in [1.54, 1.807) is 29.2 Å². The second kappa shape index (κ2) is 3.63. The van der Waals surface area contributed by atoms with E-state index >= 15 is 0 Å². The highest BCUT2D eigenvalue weighted by atomic mass is 32.1. The molecule has 0 aliphatic carbocycles. The minimum absolute atomic E-state index is 0.413. The fraction of sp³-hybridized carbons (Fsp3) is 0. The Labute approximate surface area is 99.7 Å². The number of thiazole rings is 1. The van der Waals surface area contributed by atoms with Gasteiger partial charge in [0.05, 0.1) is 17.3 Å². The molecule has 2 N–H and O–H groups in total. The first-order chi connectivity index (χ1) is 8.25. The number of carbonyl (C=O) groups excluding carboxylic acids is 1. The highest BCUT2D eigenvalue weighted by Crippen LogP contribution is 2.18. The van der Waals surface area contributed by atoms with Gasteiger partial charge in [-0.05, 0) is 6.07 Å². The van der Waals surface area contributed by atoms with E-state index in [0.29, 0.717) is 16.9 Å². The highest BCUT2D eigenvalue weighted by molar-refractivity contribution is 7.12. The second-order valence-electron chi connectivity index (χ2n) is 3.34. The number of fused-ring (bicyclic) bond motifs is 1. The van der Waals surface area contributed by atoms with Crippen LogP contribution < -0.4 is 5.73 Å². The van der Waals surface area contributed by atoms with Crippen molar-refractivity contribution in [1.82, 2.24) is 19.6 Å². The summed E-state index contributed by atoms with van der Waals surface area (Å²) in [6.07, 6.45) is 4.94. The van der Waals surface area contributed by atoms with Gasteiger partial charge >= 0.3 is 0 Å². The standard InChI is InChI=1S/C10H7N5OS/c11-8(16)6-1-3-15-7(6)5-13-9(14-15)10-12-2-4-17-10/h1-5H,(H2,11,16). The number of aromatic nitrogens is 4. The zero-order valence-corrected chi connectivity index (χ0v) is 9.39. The summed E-state index contributed by atoms with van der Waals surface area (Å²) in [4.78, 5) is 19.4. The minimum Gasteiger partial charge on any atom is -0.366 e. The molecule has 0 aliphatic rings. The first-order valence-corrected chi connectivity index (χ1v) is 5.68. The zero-order valence-electron chi connectivity index (χ0n) is 8.57. The van der Waals surface area contributed by atoms with Gasteiger partial charge in [-0.15, -0.1) is 16.4 Å². The van der Waals surface area contributed by atoms with E-state index in [1.807, 2.05) is 5.38 Å². The van der Waals surface area contributed by atoms with Crippen molar-refractivity contribution in [3.05, 3.63) is 35.6 Å². The SMILES string of the molecule is NC(=O)c1ccn2nc(-c3nccs3)ncc12. The van der Waals surface area contributed by atoms with Crippen LogP contribution in [0.1, 0.15) is 10.4 Å². The van der Waals surface area contributed by atoms with Crippen LogP contribution in [0.4, 0.5) is 0 Å². The fourth-order valence-electron chi connectivity index (χ4n) is 1.54. The molecule has 3 aromatic rings. The van der Waals surface area contributed by atoms with Gasteiger partial charge in [-0.3, -0.25) is 4.79 Å². The molecule has 0 unspecified atom stereocenters. The summed E-state index contributed by atoms with van der Waals surface area (Å²) in [5.41, 5.74) is 6.25. The summed E-state index contributed by atoms with van der Waals surface area (Å²) in [5, 5.41) is 6.86. The van der Waals surface area contributed by atoms with E-state index in [2.05, 4.69) is 15.1 Å². The summed E-state index contributed by atoms with van der Waals surface area (Å²) in [6, 6.07) is 1.62. The highest BCUT2D eigenvalue weighted by Gasteiger charge is 2.11. The number of primary amides is 1. The summed E-state index contributed by atoms with van der Waals surface area (Å²) in [6.45, 7) is 0. The maximum Gasteiger partial charge on any atom is 0.251 e. The molecule has 0 fully saturated rings. The molecule has 0 spiro atoms. The number of nitrogens with two attached hydrogens (primary N) is 1. The minimum atomic E-state index is -0.488. The van der Waals surface area contributed by atoms with Crippen molar-refractivity contribution in [3.63, 3.8) is 0 Å². The molecule has 3 aromatic heterocycles. The average molecular weight is 245 g/mol. The summed E-state index contributed by atoms with van der Waals surface area (Å²) in [5.74, 6) is 0.0391. The predicted octanol–water partition coefficient (Wildman–Crippen LogP) is 0.952. The van der Waals surface area contributed by atoms with Crippen molar-refractivity contribution in [1.29, 1.82) is 0 Å². The number of carbonyl (C=O) groups is 1. The van der Waals surface area contributed by atoms with Crippen LogP contribution in [0.5, 0.6) is 0 Å². The second-order valence-corrected chi connectivity index (χ2v) is 4.24. The van der Waals surface area contributed by atoms with Gasteiger partial charge in [0.1, 0.15) is 0 Å². The quantitative estimate of drug-likeness (QED) is 0.728. The normalized spacial score (nSPS) is 10.8. The van der Waals surface area contributed by atoms with Crippen LogP contribution in [-0.2, 0) is 0 Å². The largest absolute Gasteiger partial charge is 0.366 e. The van der Waals surface area contributed by atoms with Crippen LogP contribution in [0.3, 0.4) is 0 Å². The third-order valence-electron chi connectivity index (χ3n) is 2.31. The number of rotatable bonds is 2. The van der Waals surface area contributed by atoms with Crippen molar-refractivity contribution in [2.24, 2.45) is 5.73 Å². The molecular weight excluding hydrogens is 238 g/mol. The van der Waals surface area contributed by atoms with Gasteiger partial charge in [0.15, 0.2) is 5.01 Å².